The molecule has 3 fully saturated rings. The predicted octanol–water partition coefficient (Wildman–Crippen LogP) is 6.22. The molecule has 2 aliphatic carbocycles. The Morgan fingerprint density at radius 3 is 2.14 bits per heavy atom. The molecule has 3 aromatic carbocycles. The quantitative estimate of drug-likeness (QED) is 0.117. The lowest BCUT2D eigenvalue weighted by atomic mass is 10.0. The number of methoxy groups -OCH3 is 1. The van der Waals surface area contributed by atoms with Crippen molar-refractivity contribution in [1.29, 1.82) is 0 Å². The first-order valence-corrected chi connectivity index (χ1v) is 17.8. The third kappa shape index (κ3) is 7.18. The van der Waals surface area contributed by atoms with Crippen LogP contribution in [0, 0.1) is 22.9 Å². The van der Waals surface area contributed by atoms with Gasteiger partial charge >= 0.3 is 0 Å². The lowest BCUT2D eigenvalue weighted by Crippen LogP contribution is -2.47. The van der Waals surface area contributed by atoms with Crippen LogP contribution in [0.5, 0.6) is 23.0 Å². The van der Waals surface area contributed by atoms with Crippen LogP contribution in [0.25, 0.3) is 10.9 Å². The molecule has 2 amide bonds. The number of nitrogens with zero attached hydrogens (tertiary/aromatic N) is 1. The molecule has 0 atom stereocenters. The molecule has 3 aliphatic rings. The molecule has 7 rings (SSSR count). The molecule has 10 nitrogen and oxygen atoms in total. The molecule has 0 unspecified atom stereocenters. The van der Waals surface area contributed by atoms with E-state index in [1.165, 1.54) is 31.5 Å². The molecule has 2 saturated carbocycles. The number of carbonyl (C=O) groups excluding carboxylic acids is 2. The van der Waals surface area contributed by atoms with E-state index < -0.39 is 45.9 Å². The molecule has 1 saturated heterocycles. The Morgan fingerprint density at radius 2 is 1.52 bits per heavy atom. The van der Waals surface area contributed by atoms with Gasteiger partial charge in [-0.05, 0) is 62.1 Å². The topological polar surface area (TPSA) is 134 Å². The van der Waals surface area contributed by atoms with Gasteiger partial charge in [0.25, 0.3) is 0 Å². The fourth-order valence-corrected chi connectivity index (χ4v) is 7.39. The molecule has 1 aromatic heterocycles. The molecular weight excluding hydrogens is 673 g/mol. The maximum absolute atomic E-state index is 15.3. The van der Waals surface area contributed by atoms with Crippen molar-refractivity contribution in [2.24, 2.45) is 5.41 Å². The van der Waals surface area contributed by atoms with E-state index in [0.29, 0.717) is 40.8 Å². The van der Waals surface area contributed by atoms with E-state index >= 15 is 4.39 Å². The number of nitrogens with one attached hydrogen (secondary N) is 3. The summed E-state index contributed by atoms with van der Waals surface area (Å²) >= 11 is -0.718. The van der Waals surface area contributed by atoms with Gasteiger partial charge < -0.3 is 34.7 Å². The van der Waals surface area contributed by atoms with Crippen LogP contribution >= 0.6 is 0 Å². The molecule has 50 heavy (non-hydrogen) atoms. The number of ether oxygens (including phenoxy) is 3. The smallest absolute Gasteiger partial charge is 0.240 e. The number of hydrogen-bond acceptors (Lipinski definition) is 8. The molecule has 1 aliphatic heterocycles. The number of anilines is 2. The largest absolute Gasteiger partial charge is 0.616 e. The highest BCUT2D eigenvalue weighted by molar-refractivity contribution is 7.91. The van der Waals surface area contributed by atoms with Gasteiger partial charge in [-0.25, -0.2) is 13.2 Å². The third-order valence-corrected chi connectivity index (χ3v) is 10.8. The molecular formula is C36H35F3N4O6S. The molecule has 262 valence electrons. The second kappa shape index (κ2) is 13.6. The zero-order valence-electron chi connectivity index (χ0n) is 27.2. The highest BCUT2D eigenvalue weighted by Crippen LogP contribution is 2.48. The zero-order chi connectivity index (χ0) is 35.0. The highest BCUT2D eigenvalue weighted by atomic mass is 32.2. The van der Waals surface area contributed by atoms with Crippen LogP contribution in [-0.2, 0) is 20.8 Å². The Morgan fingerprint density at radius 1 is 0.840 bits per heavy atom. The predicted molar refractivity (Wildman–Crippen MR) is 182 cm³/mol. The van der Waals surface area contributed by atoms with Gasteiger partial charge in [0.2, 0.25) is 11.8 Å². The van der Waals surface area contributed by atoms with Crippen LogP contribution in [0.15, 0.2) is 60.8 Å². The second-order valence-electron chi connectivity index (χ2n) is 13.0. The number of rotatable bonds is 12. The summed E-state index contributed by atoms with van der Waals surface area (Å²) in [6, 6.07) is 12.2. The van der Waals surface area contributed by atoms with E-state index in [0.717, 1.165) is 55.4 Å². The van der Waals surface area contributed by atoms with Crippen molar-refractivity contribution in [1.82, 2.24) is 10.3 Å². The first-order valence-electron chi connectivity index (χ1n) is 16.3. The van der Waals surface area contributed by atoms with Crippen LogP contribution < -0.4 is 30.2 Å². The van der Waals surface area contributed by atoms with Crippen molar-refractivity contribution in [3.8, 4) is 23.0 Å². The number of benzene rings is 3. The first kappa shape index (κ1) is 33.9. The summed E-state index contributed by atoms with van der Waals surface area (Å²) in [5, 5.41) is 9.31. The minimum Gasteiger partial charge on any atom is -0.616 e. The Hall–Kier alpha value is -4.53. The van der Waals surface area contributed by atoms with Gasteiger partial charge in [0, 0.05) is 60.0 Å². The van der Waals surface area contributed by atoms with Crippen LogP contribution in [-0.4, -0.2) is 58.2 Å². The number of carbonyl (C=O) groups is 2. The Kier molecular flexibility index (Phi) is 9.26. The van der Waals surface area contributed by atoms with E-state index in [9.17, 15) is 22.9 Å². The summed E-state index contributed by atoms with van der Waals surface area (Å²) in [6.07, 6.45) is 5.78. The van der Waals surface area contributed by atoms with Crippen LogP contribution in [0.2, 0.25) is 0 Å². The fraction of sp³-hybridized carbons (Fsp3) is 0.361. The van der Waals surface area contributed by atoms with Crippen molar-refractivity contribution >= 4 is 45.3 Å². The van der Waals surface area contributed by atoms with Gasteiger partial charge in [0.05, 0.1) is 18.2 Å². The van der Waals surface area contributed by atoms with Gasteiger partial charge in [0.15, 0.2) is 34.7 Å². The number of aromatic nitrogens is 1. The number of pyridine rings is 1. The Bertz CT molecular complexity index is 1950. The number of halogens is 3. The monoisotopic (exact) mass is 708 g/mol. The summed E-state index contributed by atoms with van der Waals surface area (Å²) in [7, 11) is 1.53. The normalized spacial score (nSPS) is 20.1. The fourth-order valence-electron chi connectivity index (χ4n) is 6.10. The Balaban J connectivity index is 1.01. The summed E-state index contributed by atoms with van der Waals surface area (Å²) in [6.45, 7) is 0.443. The number of amides is 2. The van der Waals surface area contributed by atoms with Gasteiger partial charge in [-0.2, -0.15) is 0 Å². The molecule has 14 heteroatoms. The summed E-state index contributed by atoms with van der Waals surface area (Å²) in [5.41, 5.74) is -0.869. The molecule has 3 N–H and O–H groups in total. The van der Waals surface area contributed by atoms with E-state index in [1.54, 1.807) is 18.2 Å². The van der Waals surface area contributed by atoms with Crippen molar-refractivity contribution in [2.45, 2.75) is 50.1 Å². The molecule has 0 spiro atoms. The maximum atomic E-state index is 15.3. The van der Waals surface area contributed by atoms with Gasteiger partial charge in [-0.15, -0.1) is 0 Å². The minimum atomic E-state index is -1.41. The Labute approximate surface area is 289 Å². The second-order valence-corrected chi connectivity index (χ2v) is 14.7. The maximum Gasteiger partial charge on any atom is 0.240 e. The van der Waals surface area contributed by atoms with Gasteiger partial charge in [-0.1, -0.05) is 11.2 Å². The lowest BCUT2D eigenvalue weighted by molar-refractivity contribution is -0.131. The number of hydrogen-bond donors (Lipinski definition) is 3. The van der Waals surface area contributed by atoms with Crippen molar-refractivity contribution in [3.05, 3.63) is 78.2 Å². The SMILES string of the molecule is COc1cc2c(Oc3ccc(NC(=O)C4(C(=O)Nc5ccc(F)c(F)c5)CC4)cc3F)ccnc2cc1OCC1(NC2CC[S+]([O-])CC2)CC1. The molecule has 4 aromatic rings. The van der Waals surface area contributed by atoms with Crippen molar-refractivity contribution < 1.29 is 41.5 Å². The van der Waals surface area contributed by atoms with Crippen LogP contribution in [0.3, 0.4) is 0 Å². The molecule has 0 radical (unpaired) electrons. The first-order chi connectivity index (χ1) is 24.1. The summed E-state index contributed by atoms with van der Waals surface area (Å²) in [4.78, 5) is 30.4. The summed E-state index contributed by atoms with van der Waals surface area (Å²) in [5.74, 6) is -1.64. The van der Waals surface area contributed by atoms with Crippen LogP contribution in [0.1, 0.15) is 38.5 Å². The average molecular weight is 709 g/mol. The number of fused-ring (bicyclic) bond motifs is 1. The molecule has 0 bridgehead atoms. The van der Waals surface area contributed by atoms with E-state index in [2.05, 4.69) is 20.9 Å². The zero-order valence-corrected chi connectivity index (χ0v) is 28.0. The highest BCUT2D eigenvalue weighted by Gasteiger charge is 2.56. The van der Waals surface area contributed by atoms with Gasteiger partial charge in [-0.3, -0.25) is 14.6 Å². The van der Waals surface area contributed by atoms with Crippen molar-refractivity contribution in [2.75, 3.05) is 35.9 Å². The van der Waals surface area contributed by atoms with E-state index in [-0.39, 0.29) is 35.5 Å². The van der Waals surface area contributed by atoms with E-state index in [4.69, 9.17) is 14.2 Å². The average Bonchev–Trinajstić information content (AvgIpc) is 4.04. The third-order valence-electron chi connectivity index (χ3n) is 9.45. The van der Waals surface area contributed by atoms with E-state index in [1.807, 2.05) is 0 Å². The van der Waals surface area contributed by atoms with Gasteiger partial charge in [0.1, 0.15) is 29.3 Å². The standard InChI is InChI=1S/C36H35F3N4O6S/c1-47-31-18-24-28(19-32(31)48-20-35(9-10-35)43-21-7-14-50(46)15-8-21)40-13-6-29(24)49-30-5-3-23(17-27(30)39)42-34(45)36(11-12-36)33(44)41-22-2-4-25(37)26(38)16-22/h2-6,13,16-19,21,43H,7-12,14-15,20H2,1H3,(H,41,44)(H,42,45). The van der Waals surface area contributed by atoms with Crippen molar-refractivity contribution in [3.63, 3.8) is 0 Å². The lowest BCUT2D eigenvalue weighted by Gasteiger charge is -2.29. The van der Waals surface area contributed by atoms with Crippen LogP contribution in [0.4, 0.5) is 24.5 Å². The minimum absolute atomic E-state index is 0.0145. The summed E-state index contributed by atoms with van der Waals surface area (Å²) < 4.78 is 71.8. The molecule has 2 heterocycles.